The standard InChI is InChI=1S/C9H9NO4.C6H6/c1-6(11)5-7-8(10(13)14)3-2-4-9(7)12;1-2-4-6-5-3-1/h2-4,12H,5H2,1H3;1-6H. The van der Waals surface area contributed by atoms with E-state index in [-0.39, 0.29) is 29.2 Å². The van der Waals surface area contributed by atoms with Gasteiger partial charge >= 0.3 is 0 Å². The van der Waals surface area contributed by atoms with Crippen molar-refractivity contribution in [3.8, 4) is 5.75 Å². The number of carbonyl (C=O) groups is 1. The quantitative estimate of drug-likeness (QED) is 0.688. The lowest BCUT2D eigenvalue weighted by Gasteiger charge is -2.02. The molecule has 0 fully saturated rings. The number of Topliss-reactive ketones (excluding diaryl/α,β-unsaturated/α-hetero) is 1. The zero-order valence-electron chi connectivity index (χ0n) is 11.0. The van der Waals surface area contributed by atoms with Gasteiger partial charge in [-0.1, -0.05) is 42.5 Å². The number of hydrogen-bond acceptors (Lipinski definition) is 4. The van der Waals surface area contributed by atoms with E-state index in [1.807, 2.05) is 36.4 Å². The molecule has 0 amide bonds. The van der Waals surface area contributed by atoms with Crippen LogP contribution < -0.4 is 0 Å². The van der Waals surface area contributed by atoms with E-state index in [0.29, 0.717) is 0 Å². The molecule has 5 nitrogen and oxygen atoms in total. The van der Waals surface area contributed by atoms with Crippen LogP contribution in [0.5, 0.6) is 5.75 Å². The van der Waals surface area contributed by atoms with Crippen molar-refractivity contribution in [1.29, 1.82) is 0 Å². The van der Waals surface area contributed by atoms with Crippen LogP contribution >= 0.6 is 0 Å². The summed E-state index contributed by atoms with van der Waals surface area (Å²) in [6.07, 6.45) is -0.122. The molecule has 1 N–H and O–H groups in total. The molecule has 0 atom stereocenters. The van der Waals surface area contributed by atoms with Crippen LogP contribution in [0.25, 0.3) is 0 Å². The van der Waals surface area contributed by atoms with Crippen LogP contribution in [0, 0.1) is 10.1 Å². The molecular weight excluding hydrogens is 258 g/mol. The van der Waals surface area contributed by atoms with Gasteiger partial charge in [0.15, 0.2) is 0 Å². The van der Waals surface area contributed by atoms with E-state index in [1.54, 1.807) is 0 Å². The lowest BCUT2D eigenvalue weighted by Crippen LogP contribution is -2.01. The largest absolute Gasteiger partial charge is 0.507 e. The van der Waals surface area contributed by atoms with Crippen molar-refractivity contribution in [3.05, 3.63) is 70.3 Å². The highest BCUT2D eigenvalue weighted by Gasteiger charge is 2.17. The predicted molar refractivity (Wildman–Crippen MR) is 75.6 cm³/mol. The Morgan fingerprint density at radius 3 is 2.00 bits per heavy atom. The number of nitro benzene ring substituents is 1. The number of nitrogens with zero attached hydrogens (tertiary/aromatic N) is 1. The fourth-order valence-corrected chi connectivity index (χ4v) is 1.55. The molecule has 0 spiro atoms. The summed E-state index contributed by atoms with van der Waals surface area (Å²) in [5.74, 6) is -0.441. The van der Waals surface area contributed by atoms with Crippen LogP contribution in [0.2, 0.25) is 0 Å². The van der Waals surface area contributed by atoms with Gasteiger partial charge in [-0.15, -0.1) is 0 Å². The summed E-state index contributed by atoms with van der Waals surface area (Å²) < 4.78 is 0. The van der Waals surface area contributed by atoms with E-state index in [2.05, 4.69) is 0 Å². The Hall–Kier alpha value is -2.69. The second-order valence-corrected chi connectivity index (χ2v) is 4.07. The lowest BCUT2D eigenvalue weighted by molar-refractivity contribution is -0.385. The van der Waals surface area contributed by atoms with E-state index in [4.69, 9.17) is 0 Å². The van der Waals surface area contributed by atoms with Crippen LogP contribution in [0.3, 0.4) is 0 Å². The molecule has 0 radical (unpaired) electrons. The van der Waals surface area contributed by atoms with Crippen LogP contribution in [-0.4, -0.2) is 15.8 Å². The Labute approximate surface area is 116 Å². The number of hydrogen-bond donors (Lipinski definition) is 1. The molecule has 0 aliphatic carbocycles. The Morgan fingerprint density at radius 2 is 1.60 bits per heavy atom. The summed E-state index contributed by atoms with van der Waals surface area (Å²) in [5, 5.41) is 19.9. The summed E-state index contributed by atoms with van der Waals surface area (Å²) >= 11 is 0. The number of phenolic OH excluding ortho intramolecular Hbond substituents is 1. The summed E-state index contributed by atoms with van der Waals surface area (Å²) in [7, 11) is 0. The zero-order valence-corrected chi connectivity index (χ0v) is 11.0. The van der Waals surface area contributed by atoms with Gasteiger partial charge in [-0.3, -0.25) is 14.9 Å². The fourth-order valence-electron chi connectivity index (χ4n) is 1.55. The minimum Gasteiger partial charge on any atom is -0.507 e. The highest BCUT2D eigenvalue weighted by molar-refractivity contribution is 5.80. The fraction of sp³-hybridized carbons (Fsp3) is 0.133. The Bertz CT molecular complexity index is 555. The van der Waals surface area contributed by atoms with E-state index in [9.17, 15) is 20.0 Å². The van der Waals surface area contributed by atoms with Gasteiger partial charge in [0.25, 0.3) is 5.69 Å². The van der Waals surface area contributed by atoms with E-state index >= 15 is 0 Å². The SMILES string of the molecule is CC(=O)Cc1c(O)cccc1[N+](=O)[O-].c1ccccc1. The minimum absolute atomic E-state index is 0.0741. The number of nitro groups is 1. The Morgan fingerprint density at radius 1 is 1.10 bits per heavy atom. The van der Waals surface area contributed by atoms with Crippen molar-refractivity contribution < 1.29 is 14.8 Å². The number of aromatic hydroxyl groups is 1. The highest BCUT2D eigenvalue weighted by atomic mass is 16.6. The van der Waals surface area contributed by atoms with Gasteiger partial charge in [-0.2, -0.15) is 0 Å². The highest BCUT2D eigenvalue weighted by Crippen LogP contribution is 2.27. The van der Waals surface area contributed by atoms with E-state index in [1.165, 1.54) is 25.1 Å². The maximum absolute atomic E-state index is 10.8. The maximum Gasteiger partial charge on any atom is 0.276 e. The van der Waals surface area contributed by atoms with Crippen molar-refractivity contribution in [1.82, 2.24) is 0 Å². The molecule has 2 rings (SSSR count). The Kier molecular flexibility index (Phi) is 5.90. The van der Waals surface area contributed by atoms with Gasteiger partial charge in [-0.05, 0) is 13.0 Å². The molecule has 2 aromatic carbocycles. The van der Waals surface area contributed by atoms with Crippen LogP contribution in [-0.2, 0) is 11.2 Å². The molecule has 0 bridgehead atoms. The Balaban J connectivity index is 0.000000276. The summed E-state index contributed by atoms with van der Waals surface area (Å²) in [4.78, 5) is 20.7. The van der Waals surface area contributed by atoms with Gasteiger partial charge < -0.3 is 5.11 Å². The van der Waals surface area contributed by atoms with Gasteiger partial charge in [-0.25, -0.2) is 0 Å². The van der Waals surface area contributed by atoms with E-state index in [0.717, 1.165) is 0 Å². The van der Waals surface area contributed by atoms with Crippen molar-refractivity contribution in [3.63, 3.8) is 0 Å². The number of ketones is 1. The van der Waals surface area contributed by atoms with Gasteiger partial charge in [0, 0.05) is 12.5 Å². The maximum atomic E-state index is 10.8. The molecule has 0 aromatic heterocycles. The van der Waals surface area contributed by atoms with Gasteiger partial charge in [0.2, 0.25) is 0 Å². The lowest BCUT2D eigenvalue weighted by atomic mass is 10.1. The van der Waals surface area contributed by atoms with Crippen molar-refractivity contribution >= 4 is 11.5 Å². The molecule has 0 saturated heterocycles. The molecule has 5 heteroatoms. The summed E-state index contributed by atoms with van der Waals surface area (Å²) in [5.41, 5.74) is -0.148. The molecule has 2 aromatic rings. The molecule has 0 saturated carbocycles. The summed E-state index contributed by atoms with van der Waals surface area (Å²) in [6, 6.07) is 16.0. The average molecular weight is 273 g/mol. The van der Waals surface area contributed by atoms with Crippen molar-refractivity contribution in [2.45, 2.75) is 13.3 Å². The normalized spacial score (nSPS) is 9.25. The monoisotopic (exact) mass is 273 g/mol. The topological polar surface area (TPSA) is 80.4 Å². The first-order chi connectivity index (χ1) is 9.52. The third-order valence-corrected chi connectivity index (χ3v) is 2.42. The average Bonchev–Trinajstić information content (AvgIpc) is 2.43. The molecule has 0 aliphatic heterocycles. The second kappa shape index (κ2) is 7.68. The van der Waals surface area contributed by atoms with Crippen LogP contribution in [0.15, 0.2) is 54.6 Å². The molecule has 20 heavy (non-hydrogen) atoms. The van der Waals surface area contributed by atoms with E-state index < -0.39 is 4.92 Å². The minimum atomic E-state index is -0.613. The second-order valence-electron chi connectivity index (χ2n) is 4.07. The number of rotatable bonds is 3. The number of carbonyl (C=O) groups excluding carboxylic acids is 1. The number of phenols is 1. The van der Waals surface area contributed by atoms with Crippen LogP contribution in [0.4, 0.5) is 5.69 Å². The predicted octanol–water partition coefficient (Wildman–Crippen LogP) is 3.12. The smallest absolute Gasteiger partial charge is 0.276 e. The third-order valence-electron chi connectivity index (χ3n) is 2.42. The molecule has 0 heterocycles. The van der Waals surface area contributed by atoms with Crippen LogP contribution in [0.1, 0.15) is 12.5 Å². The van der Waals surface area contributed by atoms with Crippen molar-refractivity contribution in [2.75, 3.05) is 0 Å². The molecule has 0 unspecified atom stereocenters. The number of benzene rings is 2. The first kappa shape index (κ1) is 15.4. The molecule has 104 valence electrons. The summed E-state index contributed by atoms with van der Waals surface area (Å²) in [6.45, 7) is 1.32. The van der Waals surface area contributed by atoms with Gasteiger partial charge in [0.05, 0.1) is 10.5 Å². The third kappa shape index (κ3) is 4.89. The molecular formula is C15H15NO4. The zero-order chi connectivity index (χ0) is 15.0. The van der Waals surface area contributed by atoms with Gasteiger partial charge in [0.1, 0.15) is 11.5 Å². The molecule has 0 aliphatic rings. The first-order valence-corrected chi connectivity index (χ1v) is 5.97. The van der Waals surface area contributed by atoms with Crippen molar-refractivity contribution in [2.24, 2.45) is 0 Å². The first-order valence-electron chi connectivity index (χ1n) is 5.97.